The number of likely N-dealkylation sites (tertiary alicyclic amines) is 1. The Hall–Kier alpha value is -1.84. The van der Waals surface area contributed by atoms with Crippen molar-refractivity contribution < 1.29 is 9.53 Å². The van der Waals surface area contributed by atoms with Crippen LogP contribution in [0.2, 0.25) is 0 Å². The summed E-state index contributed by atoms with van der Waals surface area (Å²) in [5, 5.41) is 0. The Labute approximate surface area is 158 Å². The summed E-state index contributed by atoms with van der Waals surface area (Å²) in [5.74, 6) is 1.71. The Balaban J connectivity index is 1.88. The number of ether oxygens (including phenoxy) is 1. The van der Waals surface area contributed by atoms with Crippen molar-refractivity contribution >= 4 is 12.0 Å². The topological polar surface area (TPSA) is 42.4 Å². The molecular weight excluding hydrogens is 324 g/mol. The van der Waals surface area contributed by atoms with Crippen LogP contribution in [0.15, 0.2) is 24.5 Å². The van der Waals surface area contributed by atoms with Gasteiger partial charge in [0, 0.05) is 25.6 Å². The predicted molar refractivity (Wildman–Crippen MR) is 107 cm³/mol. The summed E-state index contributed by atoms with van der Waals surface area (Å²) in [4.78, 5) is 18.6. The van der Waals surface area contributed by atoms with Crippen molar-refractivity contribution in [1.82, 2.24) is 9.88 Å². The number of carbonyl (C=O) groups is 1. The van der Waals surface area contributed by atoms with Gasteiger partial charge in [0.05, 0.1) is 12.7 Å². The summed E-state index contributed by atoms with van der Waals surface area (Å²) in [6.45, 7) is 12.2. The van der Waals surface area contributed by atoms with Crippen molar-refractivity contribution in [2.24, 2.45) is 11.3 Å². The molecule has 1 aromatic heterocycles. The number of hydrogen-bond donors (Lipinski definition) is 0. The van der Waals surface area contributed by atoms with Gasteiger partial charge in [0.2, 0.25) is 5.91 Å². The molecule has 1 aliphatic rings. The van der Waals surface area contributed by atoms with E-state index in [1.54, 1.807) is 6.20 Å². The van der Waals surface area contributed by atoms with Crippen molar-refractivity contribution in [3.63, 3.8) is 0 Å². The van der Waals surface area contributed by atoms with E-state index in [2.05, 4.69) is 51.8 Å². The van der Waals surface area contributed by atoms with E-state index in [-0.39, 0.29) is 17.4 Å². The maximum Gasteiger partial charge on any atom is 0.223 e. The van der Waals surface area contributed by atoms with Crippen LogP contribution in [0.25, 0.3) is 6.08 Å². The predicted octanol–water partition coefficient (Wildman–Crippen LogP) is 4.95. The highest BCUT2D eigenvalue weighted by atomic mass is 16.5. The van der Waals surface area contributed by atoms with Crippen LogP contribution >= 0.6 is 0 Å². The smallest absolute Gasteiger partial charge is 0.223 e. The van der Waals surface area contributed by atoms with E-state index >= 15 is 0 Å². The lowest BCUT2D eigenvalue weighted by Gasteiger charge is -2.23. The fourth-order valence-corrected chi connectivity index (χ4v) is 3.00. The number of allylic oxidation sites excluding steroid dienone is 1. The van der Waals surface area contributed by atoms with Crippen LogP contribution in [0.4, 0.5) is 0 Å². The first-order valence-corrected chi connectivity index (χ1v) is 9.83. The van der Waals surface area contributed by atoms with Gasteiger partial charge < -0.3 is 9.64 Å². The van der Waals surface area contributed by atoms with Gasteiger partial charge in [0.15, 0.2) is 0 Å². The molecule has 0 N–H and O–H groups in total. The minimum atomic E-state index is 0.0237. The molecule has 2 heterocycles. The Morgan fingerprint density at radius 2 is 2.19 bits per heavy atom. The number of carbonyl (C=O) groups excluding carboxylic acids is 1. The number of amides is 1. The minimum Gasteiger partial charge on any atom is -0.487 e. The van der Waals surface area contributed by atoms with Crippen molar-refractivity contribution in [1.29, 1.82) is 0 Å². The molecule has 0 bridgehead atoms. The van der Waals surface area contributed by atoms with Gasteiger partial charge >= 0.3 is 0 Å². The van der Waals surface area contributed by atoms with E-state index in [0.717, 1.165) is 30.7 Å². The van der Waals surface area contributed by atoms with Crippen molar-refractivity contribution in [2.45, 2.75) is 66.4 Å². The Morgan fingerprint density at radius 3 is 2.88 bits per heavy atom. The molecule has 1 saturated heterocycles. The fourth-order valence-electron chi connectivity index (χ4n) is 3.00. The highest BCUT2D eigenvalue weighted by Crippen LogP contribution is 2.24. The summed E-state index contributed by atoms with van der Waals surface area (Å²) in [7, 11) is 0. The standard InChI is InChI=1S/C22H34N2O2/c1-6-17(2)8-7-9-18-12-20(15-23-14-18)26-19-10-11-24(16-19)21(25)13-22(3,4)5/h7,9,12,14-15,17,19H,6,8,10-11,13,16H2,1-5H3/b9-7+/t17-,19-/m1/s1. The monoisotopic (exact) mass is 358 g/mol. The number of aromatic nitrogens is 1. The number of rotatable bonds is 7. The largest absolute Gasteiger partial charge is 0.487 e. The molecule has 0 radical (unpaired) electrons. The highest BCUT2D eigenvalue weighted by Gasteiger charge is 2.29. The second kappa shape index (κ2) is 9.20. The van der Waals surface area contributed by atoms with E-state index < -0.39 is 0 Å². The second-order valence-electron chi connectivity index (χ2n) is 8.71. The second-order valence-corrected chi connectivity index (χ2v) is 8.71. The summed E-state index contributed by atoms with van der Waals surface area (Å²) in [6, 6.07) is 2.03. The van der Waals surface area contributed by atoms with Crippen LogP contribution in [0.3, 0.4) is 0 Å². The first kappa shape index (κ1) is 20.5. The van der Waals surface area contributed by atoms with E-state index in [1.807, 2.05) is 17.2 Å². The highest BCUT2D eigenvalue weighted by molar-refractivity contribution is 5.77. The van der Waals surface area contributed by atoms with Crippen LogP contribution in [0, 0.1) is 11.3 Å². The SMILES string of the molecule is CC[C@@H](C)C/C=C/c1cncc(O[C@@H]2CCN(C(=O)CC(C)(C)C)C2)c1. The lowest BCUT2D eigenvalue weighted by atomic mass is 9.92. The summed E-state index contributed by atoms with van der Waals surface area (Å²) in [6.07, 6.45) is 11.7. The molecular formula is C22H34N2O2. The van der Waals surface area contributed by atoms with Crippen molar-refractivity contribution in [2.75, 3.05) is 13.1 Å². The zero-order chi connectivity index (χ0) is 19.2. The lowest BCUT2D eigenvalue weighted by molar-refractivity contribution is -0.132. The lowest BCUT2D eigenvalue weighted by Crippen LogP contribution is -2.33. The maximum absolute atomic E-state index is 12.4. The van der Waals surface area contributed by atoms with Gasteiger partial charge in [0.1, 0.15) is 11.9 Å². The molecule has 1 aliphatic heterocycles. The number of nitrogens with zero attached hydrogens (tertiary/aromatic N) is 2. The molecule has 144 valence electrons. The van der Waals surface area contributed by atoms with Gasteiger partial charge in [-0.2, -0.15) is 0 Å². The average molecular weight is 359 g/mol. The average Bonchev–Trinajstić information content (AvgIpc) is 3.02. The molecule has 0 aliphatic carbocycles. The molecule has 0 spiro atoms. The Bertz CT molecular complexity index is 619. The van der Waals surface area contributed by atoms with E-state index in [9.17, 15) is 4.79 Å². The Morgan fingerprint density at radius 1 is 1.42 bits per heavy atom. The molecule has 0 unspecified atom stereocenters. The fraction of sp³-hybridized carbons (Fsp3) is 0.636. The first-order chi connectivity index (χ1) is 12.3. The third-order valence-electron chi connectivity index (χ3n) is 4.76. The molecule has 1 fully saturated rings. The van der Waals surface area contributed by atoms with Crippen LogP contribution in [-0.4, -0.2) is 35.0 Å². The van der Waals surface area contributed by atoms with E-state index in [1.165, 1.54) is 6.42 Å². The van der Waals surface area contributed by atoms with Gasteiger partial charge in [-0.3, -0.25) is 9.78 Å². The molecule has 1 aromatic rings. The molecule has 0 aromatic carbocycles. The summed E-state index contributed by atoms with van der Waals surface area (Å²) < 4.78 is 6.08. The van der Waals surface area contributed by atoms with Crippen LogP contribution in [0.5, 0.6) is 5.75 Å². The van der Waals surface area contributed by atoms with Gasteiger partial charge in [-0.25, -0.2) is 0 Å². The van der Waals surface area contributed by atoms with Crippen LogP contribution < -0.4 is 4.74 Å². The molecule has 0 saturated carbocycles. The summed E-state index contributed by atoms with van der Waals surface area (Å²) >= 11 is 0. The zero-order valence-electron chi connectivity index (χ0n) is 17.0. The van der Waals surface area contributed by atoms with Crippen molar-refractivity contribution in [3.8, 4) is 5.75 Å². The quantitative estimate of drug-likeness (QED) is 0.693. The first-order valence-electron chi connectivity index (χ1n) is 9.83. The normalized spacial score (nSPS) is 19.1. The molecule has 4 nitrogen and oxygen atoms in total. The Kier molecular flexibility index (Phi) is 7.24. The van der Waals surface area contributed by atoms with E-state index in [0.29, 0.717) is 18.9 Å². The van der Waals surface area contributed by atoms with Crippen LogP contribution in [0.1, 0.15) is 65.9 Å². The zero-order valence-corrected chi connectivity index (χ0v) is 17.0. The number of hydrogen-bond acceptors (Lipinski definition) is 3. The van der Waals surface area contributed by atoms with Crippen LogP contribution in [-0.2, 0) is 4.79 Å². The molecule has 1 amide bonds. The van der Waals surface area contributed by atoms with Crippen molar-refractivity contribution in [3.05, 3.63) is 30.1 Å². The van der Waals surface area contributed by atoms with E-state index in [4.69, 9.17) is 4.74 Å². The third-order valence-corrected chi connectivity index (χ3v) is 4.76. The van der Waals surface area contributed by atoms with Gasteiger partial charge in [-0.05, 0) is 29.4 Å². The molecule has 26 heavy (non-hydrogen) atoms. The molecule has 2 atom stereocenters. The van der Waals surface area contributed by atoms with Gasteiger partial charge in [0.25, 0.3) is 0 Å². The number of pyridine rings is 1. The van der Waals surface area contributed by atoms with Gasteiger partial charge in [-0.1, -0.05) is 53.2 Å². The summed E-state index contributed by atoms with van der Waals surface area (Å²) in [5.41, 5.74) is 1.08. The third kappa shape index (κ3) is 6.81. The molecule has 2 rings (SSSR count). The van der Waals surface area contributed by atoms with Gasteiger partial charge in [-0.15, -0.1) is 0 Å². The molecule has 4 heteroatoms. The maximum atomic E-state index is 12.4. The minimum absolute atomic E-state index is 0.0237.